The van der Waals surface area contributed by atoms with Crippen LogP contribution in [-0.4, -0.2) is 10.9 Å². The lowest BCUT2D eigenvalue weighted by Crippen LogP contribution is -2.14. The predicted molar refractivity (Wildman–Crippen MR) is 102 cm³/mol. The van der Waals surface area contributed by atoms with Gasteiger partial charge in [-0.25, -0.2) is 13.8 Å². The molecule has 1 aromatic heterocycles. The van der Waals surface area contributed by atoms with E-state index in [1.165, 1.54) is 17.4 Å². The first kappa shape index (κ1) is 18.8. The second kappa shape index (κ2) is 8.62. The van der Waals surface area contributed by atoms with Crippen LogP contribution in [0, 0.1) is 11.6 Å². The number of aromatic nitrogens is 1. The lowest BCUT2D eigenvalue weighted by atomic mass is 10.2. The summed E-state index contributed by atoms with van der Waals surface area (Å²) < 4.78 is 26.9. The summed E-state index contributed by atoms with van der Waals surface area (Å²) >= 11 is 8.98. The Balaban J connectivity index is 1.54. The Bertz CT molecular complexity index is 933. The summed E-state index contributed by atoms with van der Waals surface area (Å²) in [5.41, 5.74) is 1.93. The normalized spacial score (nSPS) is 10.7. The maximum absolute atomic E-state index is 13.2. The summed E-state index contributed by atoms with van der Waals surface area (Å²) in [6.45, 7) is 0. The largest absolute Gasteiger partial charge is 0.326 e. The van der Waals surface area contributed by atoms with Crippen molar-refractivity contribution in [3.05, 3.63) is 75.8 Å². The van der Waals surface area contributed by atoms with Gasteiger partial charge in [-0.15, -0.1) is 11.3 Å². The first-order chi connectivity index (χ1) is 12.5. The second-order valence-corrected chi connectivity index (χ2v) is 7.89. The Hall–Kier alpha value is -1.96. The first-order valence-corrected chi connectivity index (χ1v) is 9.80. The van der Waals surface area contributed by atoms with Crippen LogP contribution in [0.2, 0.25) is 5.02 Å². The molecule has 2 aromatic carbocycles. The summed E-state index contributed by atoms with van der Waals surface area (Å²) in [6, 6.07) is 10.8. The zero-order chi connectivity index (χ0) is 18.5. The quantitative estimate of drug-likeness (QED) is 0.542. The van der Waals surface area contributed by atoms with Crippen LogP contribution < -0.4 is 5.32 Å². The van der Waals surface area contributed by atoms with Crippen LogP contribution in [0.15, 0.2) is 52.2 Å². The van der Waals surface area contributed by atoms with Crippen molar-refractivity contribution >= 4 is 46.3 Å². The second-order valence-electron chi connectivity index (χ2n) is 5.38. The fourth-order valence-corrected chi connectivity index (χ4v) is 4.15. The van der Waals surface area contributed by atoms with Crippen molar-refractivity contribution < 1.29 is 13.6 Å². The number of thiazole rings is 1. The van der Waals surface area contributed by atoms with Crippen LogP contribution in [-0.2, 0) is 17.0 Å². The molecule has 3 aromatic rings. The standard InChI is InChI=1S/C18H13ClF2N2OS2/c19-12-3-1-2-11(6-12)9-25-18-23-14(10-26-18)8-17(24)22-13-4-5-15(20)16(21)7-13/h1-7,10H,8-9H2,(H,22,24). The van der Waals surface area contributed by atoms with E-state index in [-0.39, 0.29) is 18.0 Å². The molecule has 0 aliphatic heterocycles. The third-order valence-corrected chi connectivity index (χ3v) is 5.70. The summed E-state index contributed by atoms with van der Waals surface area (Å²) in [5.74, 6) is -1.57. The van der Waals surface area contributed by atoms with Crippen molar-refractivity contribution in [2.75, 3.05) is 5.32 Å². The van der Waals surface area contributed by atoms with Gasteiger partial charge < -0.3 is 5.32 Å². The molecule has 0 bridgehead atoms. The molecule has 0 unspecified atom stereocenters. The van der Waals surface area contributed by atoms with Gasteiger partial charge in [-0.1, -0.05) is 35.5 Å². The highest BCUT2D eigenvalue weighted by atomic mass is 35.5. The van der Waals surface area contributed by atoms with Gasteiger partial charge in [-0.2, -0.15) is 0 Å². The summed E-state index contributed by atoms with van der Waals surface area (Å²) in [4.78, 5) is 16.4. The SMILES string of the molecule is O=C(Cc1csc(SCc2cccc(Cl)c2)n1)Nc1ccc(F)c(F)c1. The van der Waals surface area contributed by atoms with E-state index < -0.39 is 11.6 Å². The molecule has 0 aliphatic carbocycles. The summed E-state index contributed by atoms with van der Waals surface area (Å²) in [5, 5.41) is 5.03. The molecule has 3 nitrogen and oxygen atoms in total. The smallest absolute Gasteiger partial charge is 0.230 e. The van der Waals surface area contributed by atoms with Crippen LogP contribution in [0.4, 0.5) is 14.5 Å². The predicted octanol–water partition coefficient (Wildman–Crippen LogP) is 5.55. The molecule has 1 heterocycles. The van der Waals surface area contributed by atoms with Crippen molar-refractivity contribution in [1.29, 1.82) is 0 Å². The molecular formula is C18H13ClF2N2OS2. The highest BCUT2D eigenvalue weighted by molar-refractivity contribution is 8.00. The van der Waals surface area contributed by atoms with Gasteiger partial charge in [0, 0.05) is 27.9 Å². The van der Waals surface area contributed by atoms with Crippen molar-refractivity contribution in [2.24, 2.45) is 0 Å². The molecule has 0 fully saturated rings. The van der Waals surface area contributed by atoms with Crippen molar-refractivity contribution in [1.82, 2.24) is 4.98 Å². The number of nitrogens with one attached hydrogen (secondary N) is 1. The van der Waals surface area contributed by atoms with Gasteiger partial charge in [0.15, 0.2) is 11.6 Å². The van der Waals surface area contributed by atoms with Crippen LogP contribution in [0.3, 0.4) is 0 Å². The van der Waals surface area contributed by atoms with E-state index in [1.807, 2.05) is 29.6 Å². The van der Waals surface area contributed by atoms with Gasteiger partial charge in [0.2, 0.25) is 5.91 Å². The maximum atomic E-state index is 13.2. The number of anilines is 1. The molecule has 0 atom stereocenters. The van der Waals surface area contributed by atoms with E-state index in [4.69, 9.17) is 11.6 Å². The molecule has 26 heavy (non-hydrogen) atoms. The van der Waals surface area contributed by atoms with Gasteiger partial charge >= 0.3 is 0 Å². The van der Waals surface area contributed by atoms with Crippen molar-refractivity contribution in [2.45, 2.75) is 16.5 Å². The van der Waals surface area contributed by atoms with E-state index in [9.17, 15) is 13.6 Å². The number of thioether (sulfide) groups is 1. The zero-order valence-corrected chi connectivity index (χ0v) is 15.7. The molecular weight excluding hydrogens is 398 g/mol. The van der Waals surface area contributed by atoms with Gasteiger partial charge in [0.25, 0.3) is 0 Å². The lowest BCUT2D eigenvalue weighted by molar-refractivity contribution is -0.115. The number of carbonyl (C=O) groups excluding carboxylic acids is 1. The van der Waals surface area contributed by atoms with E-state index in [0.29, 0.717) is 10.7 Å². The number of benzene rings is 2. The summed E-state index contributed by atoms with van der Waals surface area (Å²) in [6.07, 6.45) is 0.0627. The average molecular weight is 411 g/mol. The minimum absolute atomic E-state index is 0.0627. The third kappa shape index (κ3) is 5.27. The van der Waals surface area contributed by atoms with E-state index in [1.54, 1.807) is 11.8 Å². The van der Waals surface area contributed by atoms with Crippen LogP contribution >= 0.6 is 34.7 Å². The number of nitrogens with zero attached hydrogens (tertiary/aromatic N) is 1. The number of amides is 1. The van der Waals surface area contributed by atoms with E-state index in [0.717, 1.165) is 27.8 Å². The Morgan fingerprint density at radius 3 is 2.81 bits per heavy atom. The molecule has 0 radical (unpaired) electrons. The molecule has 0 saturated carbocycles. The van der Waals surface area contributed by atoms with Crippen LogP contribution in [0.25, 0.3) is 0 Å². The van der Waals surface area contributed by atoms with Crippen LogP contribution in [0.5, 0.6) is 0 Å². The molecule has 1 amide bonds. The van der Waals surface area contributed by atoms with Crippen LogP contribution in [0.1, 0.15) is 11.3 Å². The van der Waals surface area contributed by atoms with Crippen molar-refractivity contribution in [3.8, 4) is 0 Å². The minimum Gasteiger partial charge on any atom is -0.326 e. The number of halogens is 3. The molecule has 0 saturated heterocycles. The molecule has 1 N–H and O–H groups in total. The highest BCUT2D eigenvalue weighted by Gasteiger charge is 2.10. The fraction of sp³-hybridized carbons (Fsp3) is 0.111. The minimum atomic E-state index is -1.00. The monoisotopic (exact) mass is 410 g/mol. The Morgan fingerprint density at radius 1 is 1.19 bits per heavy atom. The molecule has 0 spiro atoms. The Labute approximate surface area is 162 Å². The number of rotatable bonds is 6. The Kier molecular flexibility index (Phi) is 6.24. The fourth-order valence-electron chi connectivity index (χ4n) is 2.15. The first-order valence-electron chi connectivity index (χ1n) is 7.56. The molecule has 3 rings (SSSR count). The third-order valence-electron chi connectivity index (χ3n) is 3.33. The lowest BCUT2D eigenvalue weighted by Gasteiger charge is -2.04. The number of hydrogen-bond acceptors (Lipinski definition) is 4. The molecule has 0 aliphatic rings. The maximum Gasteiger partial charge on any atom is 0.230 e. The van der Waals surface area contributed by atoms with Gasteiger partial charge in [-0.3, -0.25) is 4.79 Å². The van der Waals surface area contributed by atoms with Gasteiger partial charge in [0.05, 0.1) is 12.1 Å². The molecule has 134 valence electrons. The number of carbonyl (C=O) groups is 1. The van der Waals surface area contributed by atoms with E-state index >= 15 is 0 Å². The Morgan fingerprint density at radius 2 is 2.04 bits per heavy atom. The molecule has 8 heteroatoms. The topological polar surface area (TPSA) is 42.0 Å². The highest BCUT2D eigenvalue weighted by Crippen LogP contribution is 2.27. The van der Waals surface area contributed by atoms with Crippen molar-refractivity contribution in [3.63, 3.8) is 0 Å². The van der Waals surface area contributed by atoms with Gasteiger partial charge in [-0.05, 0) is 29.8 Å². The average Bonchev–Trinajstić information content (AvgIpc) is 3.04. The van der Waals surface area contributed by atoms with E-state index in [2.05, 4.69) is 10.3 Å². The van der Waals surface area contributed by atoms with Gasteiger partial charge in [0.1, 0.15) is 4.34 Å². The number of hydrogen-bond donors (Lipinski definition) is 1. The summed E-state index contributed by atoms with van der Waals surface area (Å²) in [7, 11) is 0. The zero-order valence-electron chi connectivity index (χ0n) is 13.3.